The summed E-state index contributed by atoms with van der Waals surface area (Å²) >= 11 is 0. The lowest BCUT2D eigenvalue weighted by Crippen LogP contribution is -2.41. The average molecular weight is 296 g/mol. The van der Waals surface area contributed by atoms with Gasteiger partial charge in [0.05, 0.1) is 10.5 Å². The Labute approximate surface area is 125 Å². The van der Waals surface area contributed by atoms with Gasteiger partial charge in [-0.15, -0.1) is 0 Å². The Morgan fingerprint density at radius 3 is 2.68 bits per heavy atom. The van der Waals surface area contributed by atoms with Crippen LogP contribution in [-0.4, -0.2) is 4.92 Å². The molecule has 110 valence electrons. The van der Waals surface area contributed by atoms with Gasteiger partial charge in [-0.2, -0.15) is 0 Å². The fourth-order valence-electron chi connectivity index (χ4n) is 2.20. The molecule has 0 atom stereocenters. The fourth-order valence-corrected chi connectivity index (χ4v) is 2.20. The van der Waals surface area contributed by atoms with E-state index in [2.05, 4.69) is 5.27 Å². The predicted octanol–water partition coefficient (Wildman–Crippen LogP) is 1.63. The van der Waals surface area contributed by atoms with Crippen molar-refractivity contribution >= 4 is 5.69 Å². The Hall–Kier alpha value is -3.22. The first-order chi connectivity index (χ1) is 10.6. The maximum Gasteiger partial charge on any atom is 0.273 e. The van der Waals surface area contributed by atoms with Crippen molar-refractivity contribution in [1.29, 1.82) is 5.41 Å². The molecule has 0 aliphatic rings. The van der Waals surface area contributed by atoms with Crippen molar-refractivity contribution in [3.63, 3.8) is 0 Å². The van der Waals surface area contributed by atoms with Crippen molar-refractivity contribution in [2.24, 2.45) is 0 Å². The van der Waals surface area contributed by atoms with Crippen LogP contribution in [0.4, 0.5) is 5.69 Å². The Morgan fingerprint density at radius 2 is 1.95 bits per heavy atom. The summed E-state index contributed by atoms with van der Waals surface area (Å²) in [6.45, 7) is 0.418. The molecule has 0 spiro atoms. The first-order valence-corrected chi connectivity index (χ1v) is 6.55. The molecule has 1 heterocycles. The summed E-state index contributed by atoms with van der Waals surface area (Å²) in [7, 11) is 0. The molecule has 3 rings (SSSR count). The van der Waals surface area contributed by atoms with Crippen molar-refractivity contribution in [2.75, 3.05) is 0 Å². The molecule has 0 amide bonds. The first-order valence-electron chi connectivity index (χ1n) is 6.55. The maximum atomic E-state index is 10.9. The molecule has 0 radical (unpaired) electrons. The van der Waals surface area contributed by atoms with Crippen molar-refractivity contribution in [1.82, 2.24) is 5.27 Å². The van der Waals surface area contributed by atoms with Gasteiger partial charge in [0, 0.05) is 17.7 Å². The molecule has 0 unspecified atom stereocenters. The number of hydrogen-bond acceptors (Lipinski definition) is 4. The molecule has 7 heteroatoms. The second-order valence-corrected chi connectivity index (χ2v) is 4.70. The minimum absolute atomic E-state index is 0.0376. The minimum atomic E-state index is -0.470. The van der Waals surface area contributed by atoms with E-state index in [9.17, 15) is 10.1 Å². The monoisotopic (exact) mass is 296 g/mol. The highest BCUT2D eigenvalue weighted by Gasteiger charge is 2.18. The SMILES string of the molecule is N=c1o[n-][n+](Cc2ccccc2)c1-c1cccc([N+](=O)[O-])c1. The van der Waals surface area contributed by atoms with E-state index in [1.165, 1.54) is 16.8 Å². The third kappa shape index (κ3) is 2.64. The molecule has 1 N–H and O–H groups in total. The molecular formula is C15H12N4O3. The largest absolute Gasteiger partial charge is 0.486 e. The molecule has 1 aromatic heterocycles. The van der Waals surface area contributed by atoms with Crippen LogP contribution in [0.25, 0.3) is 11.3 Å². The van der Waals surface area contributed by atoms with Crippen LogP contribution in [0.5, 0.6) is 0 Å². The zero-order valence-electron chi connectivity index (χ0n) is 11.5. The Kier molecular flexibility index (Phi) is 3.53. The third-order valence-electron chi connectivity index (χ3n) is 3.21. The van der Waals surface area contributed by atoms with Gasteiger partial charge in [0.2, 0.25) is 0 Å². The van der Waals surface area contributed by atoms with Crippen molar-refractivity contribution < 1.29 is 14.1 Å². The normalized spacial score (nSPS) is 10.5. The molecule has 3 aromatic rings. The standard InChI is InChI=1S/C15H12N4O3/c16-15-14(12-7-4-8-13(9-12)19(20)21)18(17-22-15)10-11-5-2-1-3-6-11/h1-9,16H,10H2. The topological polar surface area (TPSA) is 98.1 Å². The molecule has 7 nitrogen and oxygen atoms in total. The smallest absolute Gasteiger partial charge is 0.273 e. The average Bonchev–Trinajstić information content (AvgIpc) is 2.89. The molecule has 0 saturated carbocycles. The Bertz CT molecular complexity index is 868. The molecular weight excluding hydrogens is 284 g/mol. The van der Waals surface area contributed by atoms with Crippen LogP contribution in [0.1, 0.15) is 5.56 Å². The van der Waals surface area contributed by atoms with E-state index in [0.29, 0.717) is 17.8 Å². The van der Waals surface area contributed by atoms with E-state index in [4.69, 9.17) is 9.93 Å². The molecule has 0 fully saturated rings. The number of nitro benzene ring substituents is 1. The number of rotatable bonds is 4. The van der Waals surface area contributed by atoms with Gasteiger partial charge in [-0.3, -0.25) is 20.8 Å². The van der Waals surface area contributed by atoms with Gasteiger partial charge >= 0.3 is 0 Å². The van der Waals surface area contributed by atoms with Crippen molar-refractivity contribution in [2.45, 2.75) is 6.54 Å². The van der Waals surface area contributed by atoms with E-state index in [1.807, 2.05) is 30.3 Å². The van der Waals surface area contributed by atoms with Crippen LogP contribution in [0.2, 0.25) is 0 Å². The van der Waals surface area contributed by atoms with Gasteiger partial charge in [0.25, 0.3) is 16.9 Å². The summed E-state index contributed by atoms with van der Waals surface area (Å²) in [4.78, 5) is 10.4. The first kappa shape index (κ1) is 13.7. The molecule has 0 aliphatic carbocycles. The van der Waals surface area contributed by atoms with E-state index in [-0.39, 0.29) is 11.2 Å². The summed E-state index contributed by atoms with van der Waals surface area (Å²) in [5.74, 6) is 0. The highest BCUT2D eigenvalue weighted by molar-refractivity contribution is 5.58. The Balaban J connectivity index is 2.04. The number of nitro groups is 1. The lowest BCUT2D eigenvalue weighted by molar-refractivity contribution is -0.750. The molecule has 0 bridgehead atoms. The van der Waals surface area contributed by atoms with Crippen LogP contribution in [0.15, 0.2) is 59.1 Å². The summed E-state index contributed by atoms with van der Waals surface area (Å²) in [6, 6.07) is 15.7. The quantitative estimate of drug-likeness (QED) is 0.449. The Morgan fingerprint density at radius 1 is 1.18 bits per heavy atom. The highest BCUT2D eigenvalue weighted by atomic mass is 16.6. The summed E-state index contributed by atoms with van der Waals surface area (Å²) in [6.07, 6.45) is 0. The molecule has 0 aliphatic heterocycles. The van der Waals surface area contributed by atoms with Crippen LogP contribution in [0.3, 0.4) is 0 Å². The zero-order chi connectivity index (χ0) is 15.5. The molecule has 2 aromatic carbocycles. The van der Waals surface area contributed by atoms with Gasteiger partial charge in [-0.05, 0) is 6.07 Å². The lowest BCUT2D eigenvalue weighted by Gasteiger charge is -2.02. The van der Waals surface area contributed by atoms with Crippen LogP contribution in [-0.2, 0) is 6.54 Å². The zero-order valence-corrected chi connectivity index (χ0v) is 11.5. The van der Waals surface area contributed by atoms with E-state index >= 15 is 0 Å². The van der Waals surface area contributed by atoms with E-state index in [1.54, 1.807) is 12.1 Å². The number of nitrogens with one attached hydrogen (secondary N) is 1. The highest BCUT2D eigenvalue weighted by Crippen LogP contribution is 2.19. The maximum absolute atomic E-state index is 10.9. The van der Waals surface area contributed by atoms with Gasteiger partial charge < -0.3 is 4.52 Å². The van der Waals surface area contributed by atoms with Crippen LogP contribution in [0, 0.1) is 15.5 Å². The van der Waals surface area contributed by atoms with Gasteiger partial charge in [0.1, 0.15) is 0 Å². The summed E-state index contributed by atoms with van der Waals surface area (Å²) < 4.78 is 6.46. The van der Waals surface area contributed by atoms with Crippen molar-refractivity contribution in [3.8, 4) is 11.3 Å². The number of benzene rings is 2. The second kappa shape index (κ2) is 5.65. The number of aromatic nitrogens is 2. The third-order valence-corrected chi connectivity index (χ3v) is 3.21. The van der Waals surface area contributed by atoms with E-state index in [0.717, 1.165) is 5.56 Å². The molecule has 0 saturated heterocycles. The number of nitrogens with zero attached hydrogens (tertiary/aromatic N) is 3. The van der Waals surface area contributed by atoms with Crippen molar-refractivity contribution in [3.05, 3.63) is 75.8 Å². The number of hydrogen-bond donors (Lipinski definition) is 1. The van der Waals surface area contributed by atoms with Crippen LogP contribution >= 0.6 is 0 Å². The van der Waals surface area contributed by atoms with Gasteiger partial charge in [-0.25, -0.2) is 4.68 Å². The summed E-state index contributed by atoms with van der Waals surface area (Å²) in [5, 5.41) is 22.6. The van der Waals surface area contributed by atoms with Gasteiger partial charge in [-0.1, -0.05) is 36.4 Å². The van der Waals surface area contributed by atoms with E-state index < -0.39 is 4.92 Å². The fraction of sp³-hybridized carbons (Fsp3) is 0.0667. The summed E-state index contributed by atoms with van der Waals surface area (Å²) in [5.41, 5.74) is 1.76. The lowest BCUT2D eigenvalue weighted by atomic mass is 10.1. The van der Waals surface area contributed by atoms with Crippen LogP contribution < -0.4 is 15.5 Å². The molecule has 22 heavy (non-hydrogen) atoms. The van der Waals surface area contributed by atoms with Gasteiger partial charge in [0.15, 0.2) is 6.54 Å². The minimum Gasteiger partial charge on any atom is -0.486 e. The second-order valence-electron chi connectivity index (χ2n) is 4.70. The number of non-ortho nitro benzene ring substituents is 1. The predicted molar refractivity (Wildman–Crippen MR) is 75.7 cm³/mol.